The maximum atomic E-state index is 6.60. The molecule has 100 valence electrons. The SMILES string of the molecule is COc1ccc(C(Cl)C2CCC(C)CC2)cc1Cl. The molecule has 0 aliphatic heterocycles. The second-order valence-electron chi connectivity index (χ2n) is 5.32. The summed E-state index contributed by atoms with van der Waals surface area (Å²) in [5.74, 6) is 2.14. The number of rotatable bonds is 3. The largest absolute Gasteiger partial charge is 0.495 e. The van der Waals surface area contributed by atoms with Crippen LogP contribution in [-0.4, -0.2) is 7.11 Å². The van der Waals surface area contributed by atoms with Crippen molar-refractivity contribution in [1.29, 1.82) is 0 Å². The molecule has 1 aromatic rings. The molecule has 0 aromatic heterocycles. The van der Waals surface area contributed by atoms with Crippen LogP contribution in [0.1, 0.15) is 43.5 Å². The topological polar surface area (TPSA) is 9.23 Å². The monoisotopic (exact) mass is 286 g/mol. The highest BCUT2D eigenvalue weighted by Crippen LogP contribution is 2.41. The Morgan fingerprint density at radius 3 is 2.44 bits per heavy atom. The minimum Gasteiger partial charge on any atom is -0.495 e. The summed E-state index contributed by atoms with van der Waals surface area (Å²) in [6.07, 6.45) is 5.02. The van der Waals surface area contributed by atoms with Crippen molar-refractivity contribution in [2.75, 3.05) is 7.11 Å². The molecule has 0 radical (unpaired) electrons. The van der Waals surface area contributed by atoms with Gasteiger partial charge in [0.2, 0.25) is 0 Å². The molecule has 1 aliphatic rings. The van der Waals surface area contributed by atoms with Crippen molar-refractivity contribution in [2.24, 2.45) is 11.8 Å². The maximum Gasteiger partial charge on any atom is 0.137 e. The quantitative estimate of drug-likeness (QED) is 0.671. The van der Waals surface area contributed by atoms with Crippen LogP contribution >= 0.6 is 23.2 Å². The van der Waals surface area contributed by atoms with Crippen molar-refractivity contribution in [2.45, 2.75) is 38.0 Å². The van der Waals surface area contributed by atoms with Gasteiger partial charge in [-0.05, 0) is 42.4 Å². The molecule has 2 rings (SSSR count). The highest BCUT2D eigenvalue weighted by molar-refractivity contribution is 6.32. The average molecular weight is 287 g/mol. The zero-order chi connectivity index (χ0) is 13.1. The molecule has 1 aliphatic carbocycles. The second-order valence-corrected chi connectivity index (χ2v) is 6.19. The first kappa shape index (κ1) is 14.0. The van der Waals surface area contributed by atoms with Gasteiger partial charge in [0.1, 0.15) is 5.75 Å². The Hall–Kier alpha value is -0.400. The fourth-order valence-corrected chi connectivity index (χ4v) is 3.36. The van der Waals surface area contributed by atoms with Crippen molar-refractivity contribution in [1.82, 2.24) is 0 Å². The van der Waals surface area contributed by atoms with Gasteiger partial charge in [0.25, 0.3) is 0 Å². The van der Waals surface area contributed by atoms with Crippen LogP contribution in [0.25, 0.3) is 0 Å². The minimum atomic E-state index is 0.0703. The molecule has 1 fully saturated rings. The first-order valence-corrected chi connectivity index (χ1v) is 7.40. The molecular weight excluding hydrogens is 267 g/mol. The molecule has 1 unspecified atom stereocenters. The fourth-order valence-electron chi connectivity index (χ4n) is 2.70. The Morgan fingerprint density at radius 2 is 1.89 bits per heavy atom. The molecule has 1 atom stereocenters. The molecule has 0 bridgehead atoms. The third-order valence-electron chi connectivity index (χ3n) is 3.97. The van der Waals surface area contributed by atoms with Gasteiger partial charge in [-0.1, -0.05) is 37.4 Å². The lowest BCUT2D eigenvalue weighted by molar-refractivity contribution is 0.283. The number of hydrogen-bond acceptors (Lipinski definition) is 1. The van der Waals surface area contributed by atoms with Gasteiger partial charge < -0.3 is 4.74 Å². The van der Waals surface area contributed by atoms with Crippen LogP contribution in [0.3, 0.4) is 0 Å². The fraction of sp³-hybridized carbons (Fsp3) is 0.600. The van der Waals surface area contributed by atoms with E-state index in [1.165, 1.54) is 25.7 Å². The molecule has 1 aromatic carbocycles. The van der Waals surface area contributed by atoms with Crippen molar-refractivity contribution >= 4 is 23.2 Å². The smallest absolute Gasteiger partial charge is 0.137 e. The molecule has 0 spiro atoms. The molecule has 1 saturated carbocycles. The lowest BCUT2D eigenvalue weighted by Gasteiger charge is -2.29. The van der Waals surface area contributed by atoms with E-state index in [0.29, 0.717) is 16.7 Å². The van der Waals surface area contributed by atoms with E-state index in [9.17, 15) is 0 Å². The Balaban J connectivity index is 2.08. The summed E-state index contributed by atoms with van der Waals surface area (Å²) in [5.41, 5.74) is 1.11. The van der Waals surface area contributed by atoms with E-state index >= 15 is 0 Å². The highest BCUT2D eigenvalue weighted by atomic mass is 35.5. The summed E-state index contributed by atoms with van der Waals surface area (Å²) >= 11 is 12.8. The van der Waals surface area contributed by atoms with E-state index in [1.54, 1.807) is 7.11 Å². The third kappa shape index (κ3) is 3.13. The molecule has 1 nitrogen and oxygen atoms in total. The number of ether oxygens (including phenoxy) is 1. The lowest BCUT2D eigenvalue weighted by atomic mass is 9.80. The van der Waals surface area contributed by atoms with Crippen LogP contribution in [0.5, 0.6) is 5.75 Å². The summed E-state index contributed by atoms with van der Waals surface area (Å²) in [7, 11) is 1.63. The average Bonchev–Trinajstić information content (AvgIpc) is 2.38. The maximum absolute atomic E-state index is 6.60. The Morgan fingerprint density at radius 1 is 1.22 bits per heavy atom. The van der Waals surface area contributed by atoms with Crippen LogP contribution in [0.15, 0.2) is 18.2 Å². The van der Waals surface area contributed by atoms with Crippen LogP contribution in [0.2, 0.25) is 5.02 Å². The molecule has 0 N–H and O–H groups in total. The molecule has 0 saturated heterocycles. The van der Waals surface area contributed by atoms with Crippen LogP contribution in [0.4, 0.5) is 0 Å². The minimum absolute atomic E-state index is 0.0703. The summed E-state index contributed by atoms with van der Waals surface area (Å²) in [4.78, 5) is 0. The molecule has 0 amide bonds. The second kappa shape index (κ2) is 6.16. The van der Waals surface area contributed by atoms with Gasteiger partial charge >= 0.3 is 0 Å². The number of hydrogen-bond donors (Lipinski definition) is 0. The Bertz CT molecular complexity index is 397. The first-order valence-electron chi connectivity index (χ1n) is 6.59. The van der Waals surface area contributed by atoms with Gasteiger partial charge in [-0.25, -0.2) is 0 Å². The predicted molar refractivity (Wildman–Crippen MR) is 77.7 cm³/mol. The van der Waals surface area contributed by atoms with Gasteiger partial charge in [-0.15, -0.1) is 11.6 Å². The first-order chi connectivity index (χ1) is 8.61. The van der Waals surface area contributed by atoms with Gasteiger partial charge in [0, 0.05) is 0 Å². The number of halogens is 2. The van der Waals surface area contributed by atoms with Gasteiger partial charge in [-0.2, -0.15) is 0 Å². The summed E-state index contributed by atoms with van der Waals surface area (Å²) in [6, 6.07) is 5.87. The van der Waals surface area contributed by atoms with E-state index in [0.717, 1.165) is 11.5 Å². The lowest BCUT2D eigenvalue weighted by Crippen LogP contribution is -2.16. The van der Waals surface area contributed by atoms with E-state index in [1.807, 2.05) is 18.2 Å². The van der Waals surface area contributed by atoms with Crippen LogP contribution in [-0.2, 0) is 0 Å². The van der Waals surface area contributed by atoms with Gasteiger partial charge in [0.05, 0.1) is 17.5 Å². The highest BCUT2D eigenvalue weighted by Gasteiger charge is 2.26. The molecule has 18 heavy (non-hydrogen) atoms. The van der Waals surface area contributed by atoms with Crippen LogP contribution < -0.4 is 4.74 Å². The predicted octanol–water partition coefficient (Wildman–Crippen LogP) is 5.45. The Labute approximate surface area is 119 Å². The summed E-state index contributed by atoms with van der Waals surface area (Å²) < 4.78 is 5.16. The zero-order valence-corrected chi connectivity index (χ0v) is 12.5. The van der Waals surface area contributed by atoms with Gasteiger partial charge in [0.15, 0.2) is 0 Å². The summed E-state index contributed by atoms with van der Waals surface area (Å²) in [6.45, 7) is 2.32. The number of benzene rings is 1. The van der Waals surface area contributed by atoms with E-state index in [2.05, 4.69) is 6.92 Å². The molecule has 3 heteroatoms. The third-order valence-corrected chi connectivity index (χ3v) is 4.87. The molecular formula is C15H20Cl2O. The van der Waals surface area contributed by atoms with Crippen LogP contribution in [0, 0.1) is 11.8 Å². The Kier molecular flexibility index (Phi) is 4.80. The van der Waals surface area contributed by atoms with Crippen molar-refractivity contribution < 1.29 is 4.74 Å². The van der Waals surface area contributed by atoms with E-state index in [4.69, 9.17) is 27.9 Å². The van der Waals surface area contributed by atoms with Crippen molar-refractivity contribution in [3.8, 4) is 5.75 Å². The van der Waals surface area contributed by atoms with E-state index in [-0.39, 0.29) is 5.38 Å². The molecule has 0 heterocycles. The normalized spacial score (nSPS) is 25.8. The van der Waals surface area contributed by atoms with E-state index < -0.39 is 0 Å². The standard InChI is InChI=1S/C15H20Cl2O/c1-10-3-5-11(6-4-10)15(17)12-7-8-14(18-2)13(16)9-12/h7-11,15H,3-6H2,1-2H3. The van der Waals surface area contributed by atoms with Gasteiger partial charge in [-0.3, -0.25) is 0 Å². The zero-order valence-electron chi connectivity index (χ0n) is 11.0. The summed E-state index contributed by atoms with van der Waals surface area (Å²) in [5, 5.41) is 0.714. The number of methoxy groups -OCH3 is 1. The number of alkyl halides is 1. The van der Waals surface area contributed by atoms with Crippen molar-refractivity contribution in [3.63, 3.8) is 0 Å². The van der Waals surface area contributed by atoms with Crippen molar-refractivity contribution in [3.05, 3.63) is 28.8 Å².